The Morgan fingerprint density at radius 1 is 1.40 bits per heavy atom. The normalized spacial score (nSPS) is 13.2. The van der Waals surface area contributed by atoms with Crippen molar-refractivity contribution in [2.24, 2.45) is 0 Å². The number of hydrogen-bond acceptors (Lipinski definition) is 3. The molecular formula is C17H22O3. The zero-order valence-electron chi connectivity index (χ0n) is 12.4. The molecule has 0 radical (unpaired) electrons. The number of esters is 1. The van der Waals surface area contributed by atoms with E-state index in [1.807, 2.05) is 32.0 Å². The molecule has 0 unspecified atom stereocenters. The van der Waals surface area contributed by atoms with Crippen LogP contribution >= 0.6 is 0 Å². The molecular weight excluding hydrogens is 252 g/mol. The largest absolute Gasteiger partial charge is 0.496 e. The van der Waals surface area contributed by atoms with Gasteiger partial charge < -0.3 is 9.47 Å². The van der Waals surface area contributed by atoms with Crippen LogP contribution in [0.1, 0.15) is 30.4 Å². The van der Waals surface area contributed by atoms with Gasteiger partial charge in [-0.2, -0.15) is 0 Å². The molecule has 0 heterocycles. The van der Waals surface area contributed by atoms with Crippen molar-refractivity contribution in [3.63, 3.8) is 0 Å². The Morgan fingerprint density at radius 3 is 2.65 bits per heavy atom. The van der Waals surface area contributed by atoms with E-state index in [1.54, 1.807) is 13.2 Å². The summed E-state index contributed by atoms with van der Waals surface area (Å²) in [6, 6.07) is 6.02. The fraction of sp³-hybridized carbons (Fsp3) is 0.353. The van der Waals surface area contributed by atoms with Gasteiger partial charge in [0.2, 0.25) is 0 Å². The molecule has 1 rings (SSSR count). The molecule has 0 amide bonds. The minimum absolute atomic E-state index is 0.0476. The monoisotopic (exact) mass is 274 g/mol. The van der Waals surface area contributed by atoms with E-state index in [9.17, 15) is 4.79 Å². The molecule has 3 nitrogen and oxygen atoms in total. The van der Waals surface area contributed by atoms with E-state index in [1.165, 1.54) is 6.08 Å². The summed E-state index contributed by atoms with van der Waals surface area (Å²) in [6.45, 7) is 11.2. The maximum absolute atomic E-state index is 11.4. The van der Waals surface area contributed by atoms with E-state index in [4.69, 9.17) is 9.47 Å². The number of rotatable bonds is 7. The number of benzene rings is 1. The van der Waals surface area contributed by atoms with Crippen LogP contribution < -0.4 is 4.74 Å². The molecule has 0 saturated carbocycles. The van der Waals surface area contributed by atoms with Gasteiger partial charge in [0.05, 0.1) is 7.11 Å². The minimum Gasteiger partial charge on any atom is -0.496 e. The zero-order chi connectivity index (χ0) is 15.1. The van der Waals surface area contributed by atoms with Crippen LogP contribution in [0.2, 0.25) is 0 Å². The van der Waals surface area contributed by atoms with Crippen molar-refractivity contribution >= 4 is 5.97 Å². The molecule has 0 N–H and O–H groups in total. The van der Waals surface area contributed by atoms with Crippen molar-refractivity contribution in [3.8, 4) is 5.75 Å². The number of hydrogen-bond donors (Lipinski definition) is 0. The predicted octanol–water partition coefficient (Wildman–Crippen LogP) is 3.78. The van der Waals surface area contributed by atoms with E-state index in [-0.39, 0.29) is 12.0 Å². The van der Waals surface area contributed by atoms with Crippen LogP contribution in [0.5, 0.6) is 5.75 Å². The zero-order valence-corrected chi connectivity index (χ0v) is 12.4. The Kier molecular flexibility index (Phi) is 6.04. The number of aryl methyl sites for hydroxylation is 1. The Hall–Kier alpha value is -2.03. The molecule has 0 aliphatic rings. The molecule has 20 heavy (non-hydrogen) atoms. The molecule has 0 bridgehead atoms. The first kappa shape index (κ1) is 16.0. The van der Waals surface area contributed by atoms with E-state index < -0.39 is 5.97 Å². The summed E-state index contributed by atoms with van der Waals surface area (Å²) in [5.41, 5.74) is 2.14. The highest BCUT2D eigenvalue weighted by atomic mass is 16.5. The molecule has 3 heteroatoms. The van der Waals surface area contributed by atoms with Crippen molar-refractivity contribution in [2.45, 2.75) is 32.3 Å². The van der Waals surface area contributed by atoms with Crippen molar-refractivity contribution in [1.29, 1.82) is 0 Å². The molecule has 0 aliphatic heterocycles. The number of carbonyl (C=O) groups excluding carboxylic acids is 1. The fourth-order valence-electron chi connectivity index (χ4n) is 2.05. The van der Waals surface area contributed by atoms with Crippen molar-refractivity contribution < 1.29 is 14.3 Å². The van der Waals surface area contributed by atoms with Crippen LogP contribution in [0.4, 0.5) is 0 Å². The van der Waals surface area contributed by atoms with Gasteiger partial charge in [-0.05, 0) is 24.1 Å². The average Bonchev–Trinajstić information content (AvgIpc) is 2.46. The lowest BCUT2D eigenvalue weighted by Crippen LogP contribution is -2.22. The first-order chi connectivity index (χ1) is 9.53. The van der Waals surface area contributed by atoms with Gasteiger partial charge in [-0.3, -0.25) is 0 Å². The van der Waals surface area contributed by atoms with E-state index >= 15 is 0 Å². The van der Waals surface area contributed by atoms with Crippen LogP contribution in [0.25, 0.3) is 0 Å². The Balaban J connectivity index is 2.98. The second-order valence-electron chi connectivity index (χ2n) is 4.72. The maximum atomic E-state index is 11.4. The predicted molar refractivity (Wildman–Crippen MR) is 81.0 cm³/mol. The summed E-state index contributed by atoms with van der Waals surface area (Å²) in [6.07, 6.45) is 3.27. The Labute approximate surface area is 120 Å². The molecule has 108 valence electrons. The van der Waals surface area contributed by atoms with Gasteiger partial charge in [0.1, 0.15) is 11.9 Å². The molecule has 0 fully saturated rings. The lowest BCUT2D eigenvalue weighted by atomic mass is 9.92. The summed E-state index contributed by atoms with van der Waals surface area (Å²) in [4.78, 5) is 11.4. The van der Waals surface area contributed by atoms with Crippen LogP contribution in [-0.2, 0) is 9.53 Å². The Morgan fingerprint density at radius 2 is 2.10 bits per heavy atom. The van der Waals surface area contributed by atoms with Gasteiger partial charge in [0, 0.05) is 18.4 Å². The second kappa shape index (κ2) is 7.53. The van der Waals surface area contributed by atoms with Crippen molar-refractivity contribution in [1.82, 2.24) is 0 Å². The minimum atomic E-state index is -0.414. The third kappa shape index (κ3) is 3.98. The Bertz CT molecular complexity index is 491. The third-order valence-electron chi connectivity index (χ3n) is 3.35. The number of methoxy groups -OCH3 is 1. The molecule has 1 aromatic carbocycles. The summed E-state index contributed by atoms with van der Waals surface area (Å²) < 4.78 is 10.7. The van der Waals surface area contributed by atoms with Crippen LogP contribution in [-0.4, -0.2) is 19.2 Å². The van der Waals surface area contributed by atoms with Gasteiger partial charge >= 0.3 is 5.97 Å². The number of carbonyl (C=O) groups is 1. The van der Waals surface area contributed by atoms with Crippen molar-refractivity contribution in [3.05, 3.63) is 54.6 Å². The van der Waals surface area contributed by atoms with Crippen LogP contribution in [0.15, 0.2) is 43.5 Å². The van der Waals surface area contributed by atoms with E-state index in [0.29, 0.717) is 6.42 Å². The SMILES string of the molecule is C=CC[C@@H](OC(=O)C=C)[C@H](C)c1ccc(C)c(OC)c1. The summed E-state index contributed by atoms with van der Waals surface area (Å²) >= 11 is 0. The highest BCUT2D eigenvalue weighted by Crippen LogP contribution is 2.29. The number of ether oxygens (including phenoxy) is 2. The summed E-state index contributed by atoms with van der Waals surface area (Å²) in [5, 5.41) is 0. The van der Waals surface area contributed by atoms with Gasteiger partial charge in [-0.25, -0.2) is 4.79 Å². The maximum Gasteiger partial charge on any atom is 0.330 e. The average molecular weight is 274 g/mol. The third-order valence-corrected chi connectivity index (χ3v) is 3.35. The molecule has 0 aliphatic carbocycles. The molecule has 0 spiro atoms. The second-order valence-corrected chi connectivity index (χ2v) is 4.72. The molecule has 1 aromatic rings. The highest BCUT2D eigenvalue weighted by Gasteiger charge is 2.21. The lowest BCUT2D eigenvalue weighted by molar-refractivity contribution is -0.143. The van der Waals surface area contributed by atoms with Gasteiger partial charge in [-0.1, -0.05) is 31.7 Å². The van der Waals surface area contributed by atoms with Gasteiger partial charge in [0.15, 0.2) is 0 Å². The van der Waals surface area contributed by atoms with E-state index in [0.717, 1.165) is 16.9 Å². The highest BCUT2D eigenvalue weighted by molar-refractivity contribution is 5.81. The first-order valence-electron chi connectivity index (χ1n) is 6.62. The summed E-state index contributed by atoms with van der Waals surface area (Å²) in [5.74, 6) is 0.468. The molecule has 0 aromatic heterocycles. The molecule has 2 atom stereocenters. The van der Waals surface area contributed by atoms with Crippen LogP contribution in [0.3, 0.4) is 0 Å². The quantitative estimate of drug-likeness (QED) is 0.431. The van der Waals surface area contributed by atoms with Gasteiger partial charge in [0.25, 0.3) is 0 Å². The summed E-state index contributed by atoms with van der Waals surface area (Å²) in [7, 11) is 1.65. The van der Waals surface area contributed by atoms with Crippen LogP contribution in [0, 0.1) is 6.92 Å². The molecule has 0 saturated heterocycles. The first-order valence-corrected chi connectivity index (χ1v) is 6.62. The fourth-order valence-corrected chi connectivity index (χ4v) is 2.05. The smallest absolute Gasteiger partial charge is 0.330 e. The van der Waals surface area contributed by atoms with Crippen molar-refractivity contribution in [2.75, 3.05) is 7.11 Å². The standard InChI is InChI=1S/C17H22O3/c1-6-8-15(20-17(18)7-2)13(4)14-10-9-12(3)16(11-14)19-5/h6-7,9-11,13,15H,1-2,8H2,3-5H3/t13-,15-/m1/s1. The topological polar surface area (TPSA) is 35.5 Å². The van der Waals surface area contributed by atoms with Gasteiger partial charge in [-0.15, -0.1) is 6.58 Å². The van der Waals surface area contributed by atoms with E-state index in [2.05, 4.69) is 13.2 Å². The lowest BCUT2D eigenvalue weighted by Gasteiger charge is -2.23.